The van der Waals surface area contributed by atoms with Crippen LogP contribution in [0.15, 0.2) is 48.9 Å². The van der Waals surface area contributed by atoms with Crippen molar-refractivity contribution in [2.24, 2.45) is 0 Å². The summed E-state index contributed by atoms with van der Waals surface area (Å²) in [6.07, 6.45) is 5.02. The zero-order valence-electron chi connectivity index (χ0n) is 18.8. The molecular weight excluding hydrogens is 460 g/mol. The van der Waals surface area contributed by atoms with E-state index in [0.29, 0.717) is 40.4 Å². The van der Waals surface area contributed by atoms with Crippen LogP contribution in [0.4, 0.5) is 20.3 Å². The van der Waals surface area contributed by atoms with Crippen LogP contribution in [-0.4, -0.2) is 45.0 Å². The number of aliphatic carboxylic acids is 1. The number of nitrogens with one attached hydrogen (secondary N) is 2. The number of anilines is 2. The number of nitrogens with zero attached hydrogens (tertiary/aromatic N) is 3. The summed E-state index contributed by atoms with van der Waals surface area (Å²) in [5.41, 5.74) is 2.39. The van der Waals surface area contributed by atoms with Crippen LogP contribution in [-0.2, 0) is 11.2 Å². The molecule has 0 saturated heterocycles. The normalized spacial score (nSPS) is 10.9. The fourth-order valence-corrected chi connectivity index (χ4v) is 3.67. The number of carboxylic acids is 1. The molecule has 2 aromatic heterocycles. The molecule has 4 rings (SSSR count). The van der Waals surface area contributed by atoms with Crippen molar-refractivity contribution in [3.05, 3.63) is 71.7 Å². The lowest BCUT2D eigenvalue weighted by Gasteiger charge is -2.12. The van der Waals surface area contributed by atoms with Crippen molar-refractivity contribution < 1.29 is 28.2 Å². The first-order chi connectivity index (χ1) is 16.8. The highest BCUT2D eigenvalue weighted by Crippen LogP contribution is 2.31. The predicted octanol–water partition coefficient (Wildman–Crippen LogP) is 3.80. The molecule has 0 radical (unpaired) electrons. The van der Waals surface area contributed by atoms with Gasteiger partial charge in [0.25, 0.3) is 5.91 Å². The fraction of sp³-hybridized carbons (Fsp3) is 0.167. The maximum absolute atomic E-state index is 14.7. The number of amides is 1. The van der Waals surface area contributed by atoms with Crippen molar-refractivity contribution in [3.8, 4) is 17.0 Å². The third-order valence-electron chi connectivity index (χ3n) is 5.36. The van der Waals surface area contributed by atoms with Gasteiger partial charge in [0.1, 0.15) is 6.54 Å². The number of carbonyl (C=O) groups excluding carboxylic acids is 1. The minimum Gasteiger partial charge on any atom is -0.494 e. The van der Waals surface area contributed by atoms with E-state index in [1.807, 2.05) is 6.92 Å². The largest absolute Gasteiger partial charge is 0.494 e. The summed E-state index contributed by atoms with van der Waals surface area (Å²) >= 11 is 0. The van der Waals surface area contributed by atoms with Gasteiger partial charge in [0, 0.05) is 29.2 Å². The van der Waals surface area contributed by atoms with Gasteiger partial charge in [0.05, 0.1) is 19.0 Å². The Bertz CT molecular complexity index is 1440. The average molecular weight is 481 g/mol. The Morgan fingerprint density at radius 1 is 1.14 bits per heavy atom. The molecule has 4 aromatic rings. The van der Waals surface area contributed by atoms with E-state index in [0.717, 1.165) is 0 Å². The van der Waals surface area contributed by atoms with Gasteiger partial charge >= 0.3 is 5.97 Å². The van der Waals surface area contributed by atoms with Gasteiger partial charge in [-0.15, -0.1) is 0 Å². The van der Waals surface area contributed by atoms with Crippen LogP contribution in [0.25, 0.3) is 16.9 Å². The molecule has 0 bridgehead atoms. The van der Waals surface area contributed by atoms with Crippen molar-refractivity contribution >= 4 is 29.0 Å². The minimum atomic E-state index is -1.13. The number of halogens is 2. The Balaban J connectivity index is 1.66. The Morgan fingerprint density at radius 2 is 1.94 bits per heavy atom. The zero-order chi connectivity index (χ0) is 25.1. The molecule has 0 unspecified atom stereocenters. The number of imidazole rings is 1. The van der Waals surface area contributed by atoms with Crippen molar-refractivity contribution in [1.29, 1.82) is 0 Å². The first kappa shape index (κ1) is 23.6. The van der Waals surface area contributed by atoms with Gasteiger partial charge in [-0.25, -0.2) is 14.4 Å². The van der Waals surface area contributed by atoms with E-state index in [1.165, 1.54) is 31.6 Å². The summed E-state index contributed by atoms with van der Waals surface area (Å²) in [6.45, 7) is 1.39. The second-order valence-electron chi connectivity index (χ2n) is 7.48. The van der Waals surface area contributed by atoms with Crippen LogP contribution in [0, 0.1) is 11.6 Å². The molecule has 2 heterocycles. The van der Waals surface area contributed by atoms with E-state index in [1.54, 1.807) is 28.8 Å². The maximum atomic E-state index is 14.7. The minimum absolute atomic E-state index is 0.0120. The number of fused-ring (bicyclic) bond motifs is 1. The fourth-order valence-electron chi connectivity index (χ4n) is 3.67. The lowest BCUT2D eigenvalue weighted by atomic mass is 10.0. The molecule has 0 atom stereocenters. The second-order valence-corrected chi connectivity index (χ2v) is 7.48. The Kier molecular flexibility index (Phi) is 6.58. The van der Waals surface area contributed by atoms with Crippen molar-refractivity contribution in [3.63, 3.8) is 0 Å². The smallest absolute Gasteiger partial charge is 0.322 e. The lowest BCUT2D eigenvalue weighted by Crippen LogP contribution is -2.29. The standard InChI is InChI=1S/C24H21F2N5O4/c1-3-13-10-14(4-5-15(13)24(34)29-12-19(32)33)30-22-23-28-11-17(31(23)9-8-27-22)16-6-7-18(35-2)21(26)20(16)25/h4-11H,3,12H2,1-2H3,(H,27,30)(H,29,34)(H,32,33). The number of carbonyl (C=O) groups is 2. The van der Waals surface area contributed by atoms with Crippen molar-refractivity contribution in [2.75, 3.05) is 19.0 Å². The molecule has 3 N–H and O–H groups in total. The summed E-state index contributed by atoms with van der Waals surface area (Å²) in [7, 11) is 1.26. The Morgan fingerprint density at radius 3 is 2.66 bits per heavy atom. The lowest BCUT2D eigenvalue weighted by molar-refractivity contribution is -0.135. The molecule has 0 saturated carbocycles. The second kappa shape index (κ2) is 9.75. The molecule has 11 heteroatoms. The molecule has 0 aliphatic heterocycles. The van der Waals surface area contributed by atoms with Crippen LogP contribution < -0.4 is 15.4 Å². The number of rotatable bonds is 8. The summed E-state index contributed by atoms with van der Waals surface area (Å²) in [6, 6.07) is 7.75. The van der Waals surface area contributed by atoms with Crippen LogP contribution in [0.5, 0.6) is 5.75 Å². The Hall–Kier alpha value is -4.54. The summed E-state index contributed by atoms with van der Waals surface area (Å²) in [5.74, 6) is -3.60. The highest BCUT2D eigenvalue weighted by molar-refractivity contribution is 5.97. The van der Waals surface area contributed by atoms with E-state index >= 15 is 0 Å². The first-order valence-corrected chi connectivity index (χ1v) is 10.6. The van der Waals surface area contributed by atoms with Crippen LogP contribution in [0.1, 0.15) is 22.8 Å². The number of benzene rings is 2. The number of hydrogen-bond donors (Lipinski definition) is 3. The zero-order valence-corrected chi connectivity index (χ0v) is 18.8. The van der Waals surface area contributed by atoms with Crippen LogP contribution >= 0.6 is 0 Å². The topological polar surface area (TPSA) is 118 Å². The van der Waals surface area contributed by atoms with Gasteiger partial charge in [-0.1, -0.05) is 6.92 Å². The van der Waals surface area contributed by atoms with Crippen molar-refractivity contribution in [1.82, 2.24) is 19.7 Å². The molecule has 9 nitrogen and oxygen atoms in total. The Labute approximate surface area is 198 Å². The molecule has 0 fully saturated rings. The van der Waals surface area contributed by atoms with Gasteiger partial charge in [0.2, 0.25) is 5.82 Å². The highest BCUT2D eigenvalue weighted by atomic mass is 19.2. The molecule has 35 heavy (non-hydrogen) atoms. The molecule has 0 aliphatic carbocycles. The molecular formula is C24H21F2N5O4. The molecule has 0 spiro atoms. The molecule has 180 valence electrons. The quantitative estimate of drug-likeness (QED) is 0.350. The van der Waals surface area contributed by atoms with Gasteiger partial charge in [-0.2, -0.15) is 4.39 Å². The summed E-state index contributed by atoms with van der Waals surface area (Å²) in [5, 5.41) is 14.3. The van der Waals surface area contributed by atoms with Gasteiger partial charge in [-0.3, -0.25) is 14.0 Å². The van der Waals surface area contributed by atoms with Crippen LogP contribution in [0.3, 0.4) is 0 Å². The molecule has 2 aromatic carbocycles. The molecule has 1 amide bonds. The van der Waals surface area contributed by atoms with Crippen LogP contribution in [0.2, 0.25) is 0 Å². The number of ether oxygens (including phenoxy) is 1. The molecule has 0 aliphatic rings. The maximum Gasteiger partial charge on any atom is 0.322 e. The number of hydrogen-bond acceptors (Lipinski definition) is 6. The van der Waals surface area contributed by atoms with Gasteiger partial charge in [-0.05, 0) is 42.3 Å². The predicted molar refractivity (Wildman–Crippen MR) is 124 cm³/mol. The van der Waals surface area contributed by atoms with Gasteiger partial charge < -0.3 is 20.5 Å². The van der Waals surface area contributed by atoms with Crippen molar-refractivity contribution in [2.45, 2.75) is 13.3 Å². The number of aromatic nitrogens is 3. The van der Waals surface area contributed by atoms with E-state index in [2.05, 4.69) is 20.6 Å². The monoisotopic (exact) mass is 481 g/mol. The highest BCUT2D eigenvalue weighted by Gasteiger charge is 2.19. The third-order valence-corrected chi connectivity index (χ3v) is 5.36. The number of methoxy groups -OCH3 is 1. The summed E-state index contributed by atoms with van der Waals surface area (Å²) < 4.78 is 35.3. The summed E-state index contributed by atoms with van der Waals surface area (Å²) in [4.78, 5) is 31.7. The third kappa shape index (κ3) is 4.60. The van der Waals surface area contributed by atoms with E-state index < -0.39 is 30.1 Å². The van der Waals surface area contributed by atoms with E-state index in [4.69, 9.17) is 9.84 Å². The van der Waals surface area contributed by atoms with E-state index in [9.17, 15) is 18.4 Å². The number of carboxylic acid groups (broad SMARTS) is 1. The first-order valence-electron chi connectivity index (χ1n) is 10.6. The average Bonchev–Trinajstić information content (AvgIpc) is 3.29. The number of aryl methyl sites for hydroxylation is 1. The van der Waals surface area contributed by atoms with E-state index in [-0.39, 0.29) is 11.3 Å². The SMILES string of the molecule is CCc1cc(Nc2nccn3c(-c4ccc(OC)c(F)c4F)cnc23)ccc1C(=O)NCC(=O)O. The van der Waals surface area contributed by atoms with Gasteiger partial charge in [0.15, 0.2) is 23.0 Å².